The first-order valence-electron chi connectivity index (χ1n) is 10.7. The minimum Gasteiger partial charge on any atom is -0.316 e. The number of carbonyl (C=O) groups is 1. The van der Waals surface area contributed by atoms with Crippen molar-refractivity contribution in [2.45, 2.75) is 24.5 Å². The van der Waals surface area contributed by atoms with E-state index in [1.165, 1.54) is 0 Å². The summed E-state index contributed by atoms with van der Waals surface area (Å²) < 4.78 is 2.08. The van der Waals surface area contributed by atoms with E-state index in [9.17, 15) is 4.79 Å². The number of nitrogens with one attached hydrogen (secondary N) is 1. The second-order valence-corrected chi connectivity index (χ2v) is 9.64. The van der Waals surface area contributed by atoms with Crippen LogP contribution in [0.15, 0.2) is 88.9 Å². The molecule has 4 nitrogen and oxygen atoms in total. The van der Waals surface area contributed by atoms with Gasteiger partial charge in [0.1, 0.15) is 0 Å². The summed E-state index contributed by atoms with van der Waals surface area (Å²) in [6.45, 7) is 4.01. The SMILES string of the molecule is Cc1cc(/C=N/NC(=O)c2ccc(CSc3ccc(Cl)cc3)cc2)c(C)n1-c1ccccc1Cl. The molecule has 1 aromatic heterocycles. The molecule has 4 aromatic rings. The van der Waals surface area contributed by atoms with E-state index in [1.807, 2.05) is 92.7 Å². The fraction of sp³-hybridized carbons (Fsp3) is 0.111. The molecule has 0 aliphatic rings. The summed E-state index contributed by atoms with van der Waals surface area (Å²) in [5.74, 6) is 0.552. The molecule has 0 aliphatic heterocycles. The normalized spacial score (nSPS) is 11.2. The fourth-order valence-electron chi connectivity index (χ4n) is 3.60. The molecule has 0 bridgehead atoms. The van der Waals surface area contributed by atoms with E-state index in [1.54, 1.807) is 18.0 Å². The number of para-hydroxylation sites is 1. The number of hydrogen-bond donors (Lipinski definition) is 1. The third kappa shape index (κ3) is 5.73. The van der Waals surface area contributed by atoms with Gasteiger partial charge in [-0.25, -0.2) is 5.43 Å². The molecule has 3 aromatic carbocycles. The summed E-state index contributed by atoms with van der Waals surface area (Å²) in [5.41, 5.74) is 8.15. The van der Waals surface area contributed by atoms with Crippen molar-refractivity contribution >= 4 is 47.1 Å². The lowest BCUT2D eigenvalue weighted by Gasteiger charge is -2.11. The van der Waals surface area contributed by atoms with Gasteiger partial charge in [-0.3, -0.25) is 4.79 Å². The molecule has 172 valence electrons. The Morgan fingerprint density at radius 2 is 1.71 bits per heavy atom. The zero-order valence-electron chi connectivity index (χ0n) is 18.8. The number of halogens is 2. The highest BCUT2D eigenvalue weighted by molar-refractivity contribution is 7.98. The van der Waals surface area contributed by atoms with Gasteiger partial charge in [-0.05, 0) is 74.0 Å². The summed E-state index contributed by atoms with van der Waals surface area (Å²) in [6, 6.07) is 25.0. The maximum atomic E-state index is 12.5. The molecule has 4 rings (SSSR count). The molecule has 1 amide bonds. The Bertz CT molecular complexity index is 1330. The average molecular weight is 508 g/mol. The smallest absolute Gasteiger partial charge is 0.271 e. The first-order valence-corrected chi connectivity index (χ1v) is 12.4. The number of aromatic nitrogens is 1. The monoisotopic (exact) mass is 507 g/mol. The molecule has 0 unspecified atom stereocenters. The van der Waals surface area contributed by atoms with Crippen LogP contribution in [-0.4, -0.2) is 16.7 Å². The number of hydrogen-bond acceptors (Lipinski definition) is 3. The van der Waals surface area contributed by atoms with Crippen molar-refractivity contribution in [1.29, 1.82) is 0 Å². The van der Waals surface area contributed by atoms with E-state index < -0.39 is 0 Å². The van der Waals surface area contributed by atoms with Crippen molar-refractivity contribution in [3.05, 3.63) is 117 Å². The number of thioether (sulfide) groups is 1. The molecule has 0 aliphatic carbocycles. The van der Waals surface area contributed by atoms with Crippen LogP contribution in [0.25, 0.3) is 5.69 Å². The zero-order valence-corrected chi connectivity index (χ0v) is 21.1. The van der Waals surface area contributed by atoms with Crippen molar-refractivity contribution in [2.24, 2.45) is 5.10 Å². The molecule has 0 fully saturated rings. The lowest BCUT2D eigenvalue weighted by Crippen LogP contribution is -2.17. The Hall–Kier alpha value is -2.99. The number of aryl methyl sites for hydroxylation is 1. The van der Waals surface area contributed by atoms with Crippen molar-refractivity contribution in [1.82, 2.24) is 9.99 Å². The summed E-state index contributed by atoms with van der Waals surface area (Å²) >= 11 is 14.0. The number of rotatable bonds is 7. The predicted molar refractivity (Wildman–Crippen MR) is 143 cm³/mol. The molecule has 0 atom stereocenters. The first-order chi connectivity index (χ1) is 16.4. The molecule has 0 saturated carbocycles. The number of hydrazone groups is 1. The number of benzene rings is 3. The molecular formula is C27H23Cl2N3OS. The van der Waals surface area contributed by atoms with Crippen LogP contribution in [-0.2, 0) is 5.75 Å². The van der Waals surface area contributed by atoms with Crippen molar-refractivity contribution < 1.29 is 4.79 Å². The Balaban J connectivity index is 1.37. The van der Waals surface area contributed by atoms with Crippen molar-refractivity contribution in [2.75, 3.05) is 0 Å². The quantitative estimate of drug-likeness (QED) is 0.160. The minimum atomic E-state index is -0.256. The Morgan fingerprint density at radius 3 is 2.41 bits per heavy atom. The molecular weight excluding hydrogens is 485 g/mol. The van der Waals surface area contributed by atoms with E-state index in [4.69, 9.17) is 23.2 Å². The highest BCUT2D eigenvalue weighted by atomic mass is 35.5. The number of amides is 1. The number of nitrogens with zero attached hydrogens (tertiary/aromatic N) is 2. The van der Waals surface area contributed by atoms with Gasteiger partial charge >= 0.3 is 0 Å². The minimum absolute atomic E-state index is 0.256. The summed E-state index contributed by atoms with van der Waals surface area (Å²) in [4.78, 5) is 13.7. The largest absolute Gasteiger partial charge is 0.316 e. The summed E-state index contributed by atoms with van der Waals surface area (Å²) in [6.07, 6.45) is 1.66. The van der Waals surface area contributed by atoms with Crippen LogP contribution >= 0.6 is 35.0 Å². The van der Waals surface area contributed by atoms with E-state index in [0.717, 1.165) is 43.9 Å². The Kier molecular flexibility index (Phi) is 7.78. The average Bonchev–Trinajstić information content (AvgIpc) is 3.12. The standard InChI is InChI=1S/C27H23Cl2N3OS/c1-18-15-22(19(2)32(18)26-6-4-3-5-25(26)29)16-30-31-27(33)21-9-7-20(8-10-21)17-34-24-13-11-23(28)12-14-24/h3-16H,17H2,1-2H3,(H,31,33)/b30-16+. The van der Waals surface area contributed by atoms with Gasteiger partial charge < -0.3 is 4.57 Å². The molecule has 0 radical (unpaired) electrons. The highest BCUT2D eigenvalue weighted by Gasteiger charge is 2.12. The van der Waals surface area contributed by atoms with Gasteiger partial charge in [0, 0.05) is 38.2 Å². The van der Waals surface area contributed by atoms with Gasteiger partial charge in [0.05, 0.1) is 16.9 Å². The summed E-state index contributed by atoms with van der Waals surface area (Å²) in [7, 11) is 0. The highest BCUT2D eigenvalue weighted by Crippen LogP contribution is 2.26. The third-order valence-electron chi connectivity index (χ3n) is 5.37. The van der Waals surface area contributed by atoms with Crippen molar-refractivity contribution in [3.8, 4) is 5.69 Å². The molecule has 1 N–H and O–H groups in total. The lowest BCUT2D eigenvalue weighted by atomic mass is 10.1. The predicted octanol–water partition coefficient (Wildman–Crippen LogP) is 7.46. The van der Waals surface area contributed by atoms with Crippen LogP contribution in [0.5, 0.6) is 0 Å². The van der Waals surface area contributed by atoms with Crippen LogP contribution in [0.3, 0.4) is 0 Å². The van der Waals surface area contributed by atoms with Gasteiger partial charge in [0.25, 0.3) is 5.91 Å². The van der Waals surface area contributed by atoms with Crippen LogP contribution in [0.4, 0.5) is 0 Å². The van der Waals surface area contributed by atoms with Gasteiger partial charge in [0.15, 0.2) is 0 Å². The molecule has 0 spiro atoms. The van der Waals surface area contributed by atoms with Crippen LogP contribution < -0.4 is 5.43 Å². The summed E-state index contributed by atoms with van der Waals surface area (Å²) in [5, 5.41) is 5.57. The first kappa shape index (κ1) is 24.1. The van der Waals surface area contributed by atoms with Gasteiger partial charge in [-0.1, -0.05) is 47.5 Å². The second kappa shape index (κ2) is 11.0. The molecule has 7 heteroatoms. The molecule has 1 heterocycles. The second-order valence-electron chi connectivity index (χ2n) is 7.75. The molecule has 34 heavy (non-hydrogen) atoms. The van der Waals surface area contributed by atoms with Crippen LogP contribution in [0.2, 0.25) is 10.0 Å². The fourth-order valence-corrected chi connectivity index (χ4v) is 4.80. The Labute approximate surface area is 213 Å². The third-order valence-corrected chi connectivity index (χ3v) is 7.02. The topological polar surface area (TPSA) is 46.4 Å². The van der Waals surface area contributed by atoms with Gasteiger partial charge in [0.2, 0.25) is 0 Å². The molecule has 0 saturated heterocycles. The Morgan fingerprint density at radius 1 is 1.00 bits per heavy atom. The van der Waals surface area contributed by atoms with Crippen molar-refractivity contribution in [3.63, 3.8) is 0 Å². The maximum absolute atomic E-state index is 12.5. The van der Waals surface area contributed by atoms with E-state index in [2.05, 4.69) is 15.1 Å². The van der Waals surface area contributed by atoms with Gasteiger partial charge in [-0.2, -0.15) is 5.10 Å². The number of carbonyl (C=O) groups excluding carboxylic acids is 1. The van der Waals surface area contributed by atoms with Crippen LogP contribution in [0.1, 0.15) is 32.9 Å². The van der Waals surface area contributed by atoms with Crippen LogP contribution in [0, 0.1) is 13.8 Å². The lowest BCUT2D eigenvalue weighted by molar-refractivity contribution is 0.0955. The van der Waals surface area contributed by atoms with E-state index >= 15 is 0 Å². The zero-order chi connectivity index (χ0) is 24.1. The van der Waals surface area contributed by atoms with Gasteiger partial charge in [-0.15, -0.1) is 11.8 Å². The van der Waals surface area contributed by atoms with E-state index in [-0.39, 0.29) is 5.91 Å². The maximum Gasteiger partial charge on any atom is 0.271 e. The van der Waals surface area contributed by atoms with E-state index in [0.29, 0.717) is 10.6 Å².